The van der Waals surface area contributed by atoms with Crippen LogP contribution in [0.1, 0.15) is 93.1 Å². The van der Waals surface area contributed by atoms with Gasteiger partial charge in [-0.05, 0) is 61.1 Å². The van der Waals surface area contributed by atoms with Crippen LogP contribution in [0.5, 0.6) is 5.75 Å². The topological polar surface area (TPSA) is 46.5 Å². The van der Waals surface area contributed by atoms with Gasteiger partial charge in [-0.2, -0.15) is 0 Å². The van der Waals surface area contributed by atoms with Gasteiger partial charge < -0.3 is 9.84 Å². The van der Waals surface area contributed by atoms with Crippen LogP contribution in [0.2, 0.25) is 0 Å². The van der Waals surface area contributed by atoms with Gasteiger partial charge in [0.25, 0.3) is 0 Å². The van der Waals surface area contributed by atoms with Crippen LogP contribution < -0.4 is 0 Å². The quantitative estimate of drug-likeness (QED) is 0.582. The third-order valence-electron chi connectivity index (χ3n) is 6.54. The Labute approximate surface area is 164 Å². The molecule has 2 aliphatic rings. The van der Waals surface area contributed by atoms with Crippen LogP contribution in [0.25, 0.3) is 0 Å². The van der Waals surface area contributed by atoms with E-state index in [9.17, 15) is 9.90 Å². The van der Waals surface area contributed by atoms with Gasteiger partial charge in [0, 0.05) is 13.0 Å². The predicted octanol–water partition coefficient (Wildman–Crippen LogP) is 5.86. The molecule has 0 saturated heterocycles. The number of hydrogen-bond acceptors (Lipinski definition) is 3. The standard InChI is InChI=1S/C24H36O3/c1-3-5-11-27-23(19-9-7-6-8-10-19)16-18-13-20-12-17(4-2)14-21(25)24(20)22(26)15-18/h13,15,17,19,23,26H,3-12,14,16H2,1-2H3. The summed E-state index contributed by atoms with van der Waals surface area (Å²) >= 11 is 0. The van der Waals surface area contributed by atoms with E-state index in [4.69, 9.17) is 4.74 Å². The minimum absolute atomic E-state index is 0.107. The summed E-state index contributed by atoms with van der Waals surface area (Å²) in [6.07, 6.45) is 12.3. The number of carbonyl (C=O) groups is 1. The molecule has 2 unspecified atom stereocenters. The second-order valence-electron chi connectivity index (χ2n) is 8.62. The first-order valence-corrected chi connectivity index (χ1v) is 11.1. The van der Waals surface area contributed by atoms with Crippen molar-refractivity contribution in [1.82, 2.24) is 0 Å². The summed E-state index contributed by atoms with van der Waals surface area (Å²) in [6, 6.07) is 4.00. The molecule has 0 amide bonds. The molecule has 3 nitrogen and oxygen atoms in total. The van der Waals surface area contributed by atoms with Crippen molar-refractivity contribution in [3.05, 3.63) is 28.8 Å². The summed E-state index contributed by atoms with van der Waals surface area (Å²) < 4.78 is 6.32. The highest BCUT2D eigenvalue weighted by atomic mass is 16.5. The number of ketones is 1. The highest BCUT2D eigenvalue weighted by Gasteiger charge is 2.29. The van der Waals surface area contributed by atoms with Gasteiger partial charge in [-0.1, -0.05) is 52.0 Å². The largest absolute Gasteiger partial charge is 0.507 e. The molecule has 1 saturated carbocycles. The van der Waals surface area contributed by atoms with Crippen LogP contribution in [0.3, 0.4) is 0 Å². The second-order valence-corrected chi connectivity index (χ2v) is 8.62. The molecule has 3 heteroatoms. The molecule has 2 atom stereocenters. The molecule has 1 N–H and O–H groups in total. The fourth-order valence-corrected chi connectivity index (χ4v) is 4.87. The SMILES string of the molecule is CCCCOC(Cc1cc(O)c2c(c1)CC(CC)CC2=O)C1CCCCC1. The highest BCUT2D eigenvalue weighted by Crippen LogP contribution is 2.36. The monoisotopic (exact) mass is 372 g/mol. The van der Waals surface area contributed by atoms with Crippen molar-refractivity contribution in [3.8, 4) is 5.75 Å². The highest BCUT2D eigenvalue weighted by molar-refractivity contribution is 6.01. The van der Waals surface area contributed by atoms with Gasteiger partial charge in [-0.25, -0.2) is 0 Å². The smallest absolute Gasteiger partial charge is 0.167 e. The van der Waals surface area contributed by atoms with Crippen LogP contribution in [0.4, 0.5) is 0 Å². The summed E-state index contributed by atoms with van der Waals surface area (Å²) in [4.78, 5) is 12.4. The molecular formula is C24H36O3. The second kappa shape index (κ2) is 9.73. The van der Waals surface area contributed by atoms with E-state index in [0.717, 1.165) is 49.8 Å². The molecule has 1 aromatic rings. The fourth-order valence-electron chi connectivity index (χ4n) is 4.87. The number of hydrogen-bond donors (Lipinski definition) is 1. The lowest BCUT2D eigenvalue weighted by Gasteiger charge is -2.31. The number of aromatic hydroxyl groups is 1. The zero-order valence-corrected chi connectivity index (χ0v) is 17.1. The van der Waals surface area contributed by atoms with Gasteiger partial charge >= 0.3 is 0 Å². The predicted molar refractivity (Wildman–Crippen MR) is 109 cm³/mol. The summed E-state index contributed by atoms with van der Waals surface area (Å²) in [5, 5.41) is 10.5. The van der Waals surface area contributed by atoms with Crippen LogP contribution in [-0.4, -0.2) is 23.6 Å². The van der Waals surface area contributed by atoms with Gasteiger partial charge in [0.1, 0.15) is 5.75 Å². The first-order valence-electron chi connectivity index (χ1n) is 11.1. The van der Waals surface area contributed by atoms with Crippen molar-refractivity contribution in [1.29, 1.82) is 0 Å². The molecule has 0 spiro atoms. The number of phenols is 1. The fraction of sp³-hybridized carbons (Fsp3) is 0.708. The zero-order valence-electron chi connectivity index (χ0n) is 17.1. The van der Waals surface area contributed by atoms with E-state index in [0.29, 0.717) is 23.8 Å². The van der Waals surface area contributed by atoms with Gasteiger partial charge in [-0.15, -0.1) is 0 Å². The molecule has 2 aliphatic carbocycles. The van der Waals surface area contributed by atoms with Crippen molar-refractivity contribution >= 4 is 5.78 Å². The summed E-state index contributed by atoms with van der Waals surface area (Å²) in [6.45, 7) is 5.17. The normalized spacial score (nSPS) is 21.9. The lowest BCUT2D eigenvalue weighted by Crippen LogP contribution is -2.29. The Bertz CT molecular complexity index is 631. The zero-order chi connectivity index (χ0) is 19.2. The minimum Gasteiger partial charge on any atom is -0.507 e. The van der Waals surface area contributed by atoms with Crippen LogP contribution in [0, 0.1) is 11.8 Å². The number of benzene rings is 1. The Morgan fingerprint density at radius 3 is 2.63 bits per heavy atom. The Kier molecular flexibility index (Phi) is 7.34. The first-order chi connectivity index (χ1) is 13.1. The van der Waals surface area contributed by atoms with E-state index in [1.54, 1.807) is 0 Å². The average molecular weight is 373 g/mol. The van der Waals surface area contributed by atoms with E-state index in [2.05, 4.69) is 19.9 Å². The lowest BCUT2D eigenvalue weighted by molar-refractivity contribution is -0.000460. The number of rotatable bonds is 8. The molecule has 27 heavy (non-hydrogen) atoms. The van der Waals surface area contributed by atoms with Crippen LogP contribution in [-0.2, 0) is 17.6 Å². The number of fused-ring (bicyclic) bond motifs is 1. The molecule has 0 aromatic heterocycles. The Balaban J connectivity index is 1.78. The summed E-state index contributed by atoms with van der Waals surface area (Å²) in [5.74, 6) is 1.32. The van der Waals surface area contributed by atoms with Crippen molar-refractivity contribution < 1.29 is 14.6 Å². The number of Topliss-reactive ketones (excluding diaryl/α,β-unsaturated/α-hetero) is 1. The maximum absolute atomic E-state index is 12.4. The molecule has 0 aliphatic heterocycles. The summed E-state index contributed by atoms with van der Waals surface area (Å²) in [7, 11) is 0. The third-order valence-corrected chi connectivity index (χ3v) is 6.54. The van der Waals surface area contributed by atoms with E-state index in [1.165, 1.54) is 32.1 Å². The number of carbonyl (C=O) groups excluding carboxylic acids is 1. The van der Waals surface area contributed by atoms with E-state index >= 15 is 0 Å². The van der Waals surface area contributed by atoms with Crippen molar-refractivity contribution in [2.24, 2.45) is 11.8 Å². The molecular weight excluding hydrogens is 336 g/mol. The van der Waals surface area contributed by atoms with E-state index < -0.39 is 0 Å². The third kappa shape index (κ3) is 5.13. The summed E-state index contributed by atoms with van der Waals surface area (Å²) in [5.41, 5.74) is 2.75. The molecule has 3 rings (SSSR count). The molecule has 1 aromatic carbocycles. The van der Waals surface area contributed by atoms with Gasteiger partial charge in [0.2, 0.25) is 0 Å². The molecule has 1 fully saturated rings. The van der Waals surface area contributed by atoms with E-state index in [-0.39, 0.29) is 17.6 Å². The Morgan fingerprint density at radius 2 is 1.93 bits per heavy atom. The van der Waals surface area contributed by atoms with Gasteiger partial charge in [0.15, 0.2) is 5.78 Å². The van der Waals surface area contributed by atoms with Crippen LogP contribution in [0.15, 0.2) is 12.1 Å². The lowest BCUT2D eigenvalue weighted by atomic mass is 9.79. The average Bonchev–Trinajstić information content (AvgIpc) is 2.67. The number of unbranched alkanes of at least 4 members (excludes halogenated alkanes) is 1. The maximum atomic E-state index is 12.4. The van der Waals surface area contributed by atoms with E-state index in [1.807, 2.05) is 6.07 Å². The molecule has 0 radical (unpaired) electrons. The van der Waals surface area contributed by atoms with Gasteiger partial charge in [-0.3, -0.25) is 4.79 Å². The first kappa shape index (κ1) is 20.4. The molecule has 150 valence electrons. The van der Waals surface area contributed by atoms with Crippen molar-refractivity contribution in [2.75, 3.05) is 6.61 Å². The number of phenolic OH excluding ortho intramolecular Hbond substituents is 1. The Hall–Kier alpha value is -1.35. The maximum Gasteiger partial charge on any atom is 0.167 e. The molecule has 0 bridgehead atoms. The minimum atomic E-state index is 0.107. The van der Waals surface area contributed by atoms with Gasteiger partial charge in [0.05, 0.1) is 11.7 Å². The Morgan fingerprint density at radius 1 is 1.15 bits per heavy atom. The van der Waals surface area contributed by atoms with Crippen molar-refractivity contribution in [2.45, 2.75) is 90.6 Å². The van der Waals surface area contributed by atoms with Crippen molar-refractivity contribution in [3.63, 3.8) is 0 Å². The molecule has 0 heterocycles. The number of ether oxygens (including phenoxy) is 1. The van der Waals surface area contributed by atoms with Crippen LogP contribution >= 0.6 is 0 Å².